The molecule has 0 saturated carbocycles. The summed E-state index contributed by atoms with van der Waals surface area (Å²) in [4.78, 5) is 15.2. The highest BCUT2D eigenvalue weighted by molar-refractivity contribution is 14.1. The second-order valence-corrected chi connectivity index (χ2v) is 3.86. The van der Waals surface area contributed by atoms with Gasteiger partial charge in [0, 0.05) is 13.1 Å². The molecule has 0 aliphatic rings. The maximum Gasteiger partial charge on any atom is 0.179 e. The Morgan fingerprint density at radius 3 is 2.92 bits per heavy atom. The number of carbonyl (C=O) groups excluding carboxylic acids is 1. The summed E-state index contributed by atoms with van der Waals surface area (Å²) in [6, 6.07) is 5.78. The van der Waals surface area contributed by atoms with E-state index in [1.165, 1.54) is 6.92 Å². The lowest BCUT2D eigenvalue weighted by Crippen LogP contribution is -1.90. The van der Waals surface area contributed by atoms with E-state index in [1.54, 1.807) is 6.20 Å². The summed E-state index contributed by atoms with van der Waals surface area (Å²) in [5.41, 5.74) is 1.33. The molecule has 3 nitrogen and oxygen atoms in total. The van der Waals surface area contributed by atoms with Crippen molar-refractivity contribution in [2.45, 2.75) is 6.92 Å². The van der Waals surface area contributed by atoms with Gasteiger partial charge in [-0.05, 0) is 34.7 Å². The number of Topliss-reactive ketones (excluding diaryl/α,β-unsaturated/α-hetero) is 1. The lowest BCUT2D eigenvalue weighted by Gasteiger charge is -1.93. The average Bonchev–Trinajstić information content (AvgIpc) is 2.49. The second-order valence-electron chi connectivity index (χ2n) is 2.76. The van der Waals surface area contributed by atoms with Crippen molar-refractivity contribution < 1.29 is 4.79 Å². The minimum absolute atomic E-state index is 0.000463. The van der Waals surface area contributed by atoms with E-state index in [9.17, 15) is 4.79 Å². The smallest absolute Gasteiger partial charge is 0.179 e. The molecule has 66 valence electrons. The number of ketones is 1. The summed E-state index contributed by atoms with van der Waals surface area (Å²) in [7, 11) is 0. The highest BCUT2D eigenvalue weighted by Gasteiger charge is 2.06. The van der Waals surface area contributed by atoms with Gasteiger partial charge in [-0.2, -0.15) is 0 Å². The van der Waals surface area contributed by atoms with Gasteiger partial charge >= 0.3 is 0 Å². The van der Waals surface area contributed by atoms with Crippen molar-refractivity contribution in [1.29, 1.82) is 0 Å². The Kier molecular flexibility index (Phi) is 2.07. The standard InChI is InChI=1S/C9H7IN2O/c1-6(13)7-5-12-8(10)3-2-4-9(12)11-7/h2-5H,1H3. The number of imidazole rings is 1. The number of aromatic nitrogens is 2. The summed E-state index contributed by atoms with van der Waals surface area (Å²) in [6.45, 7) is 1.52. The van der Waals surface area contributed by atoms with Gasteiger partial charge in [-0.3, -0.25) is 9.20 Å². The van der Waals surface area contributed by atoms with Gasteiger partial charge < -0.3 is 0 Å². The number of carbonyl (C=O) groups is 1. The third-order valence-electron chi connectivity index (χ3n) is 1.80. The molecule has 0 aliphatic heterocycles. The van der Waals surface area contributed by atoms with Crippen LogP contribution < -0.4 is 0 Å². The van der Waals surface area contributed by atoms with Crippen molar-refractivity contribution in [1.82, 2.24) is 9.38 Å². The van der Waals surface area contributed by atoms with E-state index in [4.69, 9.17) is 0 Å². The van der Waals surface area contributed by atoms with Crippen LogP contribution in [0.25, 0.3) is 5.65 Å². The zero-order valence-electron chi connectivity index (χ0n) is 6.99. The molecule has 0 saturated heterocycles. The van der Waals surface area contributed by atoms with Crippen LogP contribution in [0.2, 0.25) is 0 Å². The Hall–Kier alpha value is -0.910. The molecule has 4 heteroatoms. The molecule has 2 aromatic rings. The van der Waals surface area contributed by atoms with Gasteiger partial charge in [0.15, 0.2) is 5.78 Å². The van der Waals surface area contributed by atoms with Gasteiger partial charge in [-0.25, -0.2) is 4.98 Å². The van der Waals surface area contributed by atoms with Crippen LogP contribution in [0.15, 0.2) is 24.4 Å². The minimum atomic E-state index is -0.000463. The van der Waals surface area contributed by atoms with Crippen molar-refractivity contribution in [3.8, 4) is 0 Å². The molecule has 0 spiro atoms. The number of fused-ring (bicyclic) bond motifs is 1. The van der Waals surface area contributed by atoms with Crippen molar-refractivity contribution >= 4 is 34.0 Å². The second kappa shape index (κ2) is 3.10. The Morgan fingerprint density at radius 1 is 1.54 bits per heavy atom. The number of halogens is 1. The Morgan fingerprint density at radius 2 is 2.31 bits per heavy atom. The van der Waals surface area contributed by atoms with Crippen LogP contribution >= 0.6 is 22.6 Å². The van der Waals surface area contributed by atoms with E-state index in [-0.39, 0.29) is 5.78 Å². The van der Waals surface area contributed by atoms with Gasteiger partial charge in [-0.1, -0.05) is 6.07 Å². The molecule has 2 aromatic heterocycles. The molecule has 13 heavy (non-hydrogen) atoms. The SMILES string of the molecule is CC(=O)c1cn2c(I)cccc2n1. The Bertz CT molecular complexity index is 475. The summed E-state index contributed by atoms with van der Waals surface area (Å²) < 4.78 is 2.95. The molecule has 0 aromatic carbocycles. The van der Waals surface area contributed by atoms with Gasteiger partial charge in [0.1, 0.15) is 11.3 Å². The van der Waals surface area contributed by atoms with Crippen LogP contribution in [0.5, 0.6) is 0 Å². The molecular weight excluding hydrogens is 279 g/mol. The number of rotatable bonds is 1. The molecule has 0 unspecified atom stereocenters. The quantitative estimate of drug-likeness (QED) is 0.457. The summed E-state index contributed by atoms with van der Waals surface area (Å²) >= 11 is 2.21. The summed E-state index contributed by atoms with van der Waals surface area (Å²) in [5, 5.41) is 0. The van der Waals surface area contributed by atoms with Crippen LogP contribution in [-0.2, 0) is 0 Å². The van der Waals surface area contributed by atoms with E-state index in [0.29, 0.717) is 5.69 Å². The lowest BCUT2D eigenvalue weighted by molar-refractivity contribution is 0.101. The van der Waals surface area contributed by atoms with Crippen LogP contribution in [0.1, 0.15) is 17.4 Å². The fraction of sp³-hybridized carbons (Fsp3) is 0.111. The predicted octanol–water partition coefficient (Wildman–Crippen LogP) is 2.14. The first-order chi connectivity index (χ1) is 6.18. The first kappa shape index (κ1) is 8.68. The highest BCUT2D eigenvalue weighted by Crippen LogP contribution is 2.11. The minimum Gasteiger partial charge on any atom is -0.294 e. The largest absolute Gasteiger partial charge is 0.294 e. The maximum atomic E-state index is 11.0. The molecule has 0 aliphatic carbocycles. The Labute approximate surface area is 88.9 Å². The summed E-state index contributed by atoms with van der Waals surface area (Å²) in [6.07, 6.45) is 1.76. The molecule has 2 rings (SSSR count). The van der Waals surface area contributed by atoms with E-state index in [1.807, 2.05) is 22.6 Å². The third kappa shape index (κ3) is 1.46. The zero-order chi connectivity index (χ0) is 9.42. The first-order valence-corrected chi connectivity index (χ1v) is 4.91. The number of pyridine rings is 1. The van der Waals surface area contributed by atoms with Crippen LogP contribution in [0, 0.1) is 3.70 Å². The van der Waals surface area contributed by atoms with Gasteiger partial charge in [0.25, 0.3) is 0 Å². The molecule has 0 fully saturated rings. The molecule has 0 bridgehead atoms. The molecule has 0 radical (unpaired) electrons. The maximum absolute atomic E-state index is 11.0. The Balaban J connectivity index is 2.75. The van der Waals surface area contributed by atoms with Crippen LogP contribution in [-0.4, -0.2) is 15.2 Å². The number of nitrogens with zero attached hydrogens (tertiary/aromatic N) is 2. The van der Waals surface area contributed by atoms with Crippen LogP contribution in [0.3, 0.4) is 0 Å². The zero-order valence-corrected chi connectivity index (χ0v) is 9.15. The molecule has 0 amide bonds. The molecule has 0 N–H and O–H groups in total. The fourth-order valence-electron chi connectivity index (χ4n) is 1.15. The van der Waals surface area contributed by atoms with Gasteiger partial charge in [-0.15, -0.1) is 0 Å². The average molecular weight is 286 g/mol. The number of hydrogen-bond donors (Lipinski definition) is 0. The first-order valence-electron chi connectivity index (χ1n) is 3.83. The monoisotopic (exact) mass is 286 g/mol. The topological polar surface area (TPSA) is 34.4 Å². The van der Waals surface area contributed by atoms with E-state index in [2.05, 4.69) is 27.6 Å². The summed E-state index contributed by atoms with van der Waals surface area (Å²) in [5.74, 6) is -0.000463. The van der Waals surface area contributed by atoms with Gasteiger partial charge in [0.2, 0.25) is 0 Å². The molecule has 2 heterocycles. The van der Waals surface area contributed by atoms with Crippen molar-refractivity contribution in [2.75, 3.05) is 0 Å². The number of hydrogen-bond acceptors (Lipinski definition) is 2. The fourth-order valence-corrected chi connectivity index (χ4v) is 1.74. The lowest BCUT2D eigenvalue weighted by atomic mass is 10.3. The molecule has 0 atom stereocenters. The van der Waals surface area contributed by atoms with Crippen molar-refractivity contribution in [3.05, 3.63) is 33.8 Å². The predicted molar refractivity (Wildman–Crippen MR) is 57.9 cm³/mol. The van der Waals surface area contributed by atoms with Crippen LogP contribution in [0.4, 0.5) is 0 Å². The van der Waals surface area contributed by atoms with E-state index >= 15 is 0 Å². The van der Waals surface area contributed by atoms with E-state index in [0.717, 1.165) is 9.35 Å². The molecular formula is C9H7IN2O. The van der Waals surface area contributed by atoms with E-state index < -0.39 is 0 Å². The normalized spacial score (nSPS) is 10.6. The van der Waals surface area contributed by atoms with Crippen molar-refractivity contribution in [2.24, 2.45) is 0 Å². The van der Waals surface area contributed by atoms with Crippen molar-refractivity contribution in [3.63, 3.8) is 0 Å². The van der Waals surface area contributed by atoms with Gasteiger partial charge in [0.05, 0.1) is 3.70 Å². The highest BCUT2D eigenvalue weighted by atomic mass is 127. The third-order valence-corrected chi connectivity index (χ3v) is 2.68.